The zero-order chi connectivity index (χ0) is 26.1. The summed E-state index contributed by atoms with van der Waals surface area (Å²) < 4.78 is 68.0. The molecule has 0 fully saturated rings. The summed E-state index contributed by atoms with van der Waals surface area (Å²) in [5.74, 6) is -0.382. The fourth-order valence-corrected chi connectivity index (χ4v) is 4.45. The number of alkyl halides is 3. The van der Waals surface area contributed by atoms with Crippen molar-refractivity contribution in [1.82, 2.24) is 19.0 Å². The number of sulfonamides is 1. The molecule has 1 aliphatic rings. The minimum absolute atomic E-state index is 0.0684. The molecule has 1 aromatic carbocycles. The first-order valence-corrected chi connectivity index (χ1v) is 12.3. The van der Waals surface area contributed by atoms with Crippen LogP contribution in [-0.4, -0.2) is 60.1 Å². The molecule has 1 aliphatic heterocycles. The first-order valence-electron chi connectivity index (χ1n) is 10.4. The van der Waals surface area contributed by atoms with Crippen LogP contribution in [0.5, 0.6) is 0 Å². The Morgan fingerprint density at radius 1 is 1.17 bits per heavy atom. The Labute approximate surface area is 209 Å². The fourth-order valence-electron chi connectivity index (χ4n) is 3.54. The van der Waals surface area contributed by atoms with Gasteiger partial charge in [-0.2, -0.15) is 26.7 Å². The van der Waals surface area contributed by atoms with Crippen LogP contribution in [0.3, 0.4) is 0 Å². The van der Waals surface area contributed by atoms with Gasteiger partial charge in [0, 0.05) is 19.9 Å². The Hall–Kier alpha value is -3.36. The number of aromatic nitrogens is 2. The number of carbonyl (C=O) groups is 1. The Morgan fingerprint density at radius 2 is 1.89 bits per heavy atom. The quantitative estimate of drug-likeness (QED) is 0.490. The predicted octanol–water partition coefficient (Wildman–Crippen LogP) is 2.98. The number of fused-ring (bicyclic) bond motifs is 1. The molecule has 1 amide bonds. The number of ether oxygens (including phenoxy) is 1. The number of carbonyl (C=O) groups excluding carboxylic acids is 1. The number of amides is 1. The summed E-state index contributed by atoms with van der Waals surface area (Å²) in [6, 6.07) is 10.1. The normalized spacial score (nSPS) is 14.5. The largest absolute Gasteiger partial charge is 0.516 e. The number of imidazole rings is 1. The van der Waals surface area contributed by atoms with Gasteiger partial charge in [0.1, 0.15) is 17.7 Å². The van der Waals surface area contributed by atoms with Crippen molar-refractivity contribution in [2.45, 2.75) is 18.7 Å². The topological polar surface area (TPSA) is 109 Å². The van der Waals surface area contributed by atoms with E-state index in [1.807, 2.05) is 0 Å². The number of hydrogen-bond donors (Lipinski definition) is 1. The second kappa shape index (κ2) is 9.95. The summed E-state index contributed by atoms with van der Waals surface area (Å²) in [6.45, 7) is -0.160. The van der Waals surface area contributed by atoms with Gasteiger partial charge in [-0.25, -0.2) is 9.29 Å². The second-order valence-electron chi connectivity index (χ2n) is 7.68. The molecular weight excluding hydrogens is 525 g/mol. The van der Waals surface area contributed by atoms with Crippen molar-refractivity contribution >= 4 is 45.2 Å². The highest BCUT2D eigenvalue weighted by molar-refractivity contribution is 7.90. The lowest BCUT2D eigenvalue weighted by Gasteiger charge is -2.29. The number of rotatable bonds is 7. The van der Waals surface area contributed by atoms with Gasteiger partial charge in [-0.1, -0.05) is 23.7 Å². The minimum Gasteiger partial charge on any atom is -0.378 e. The highest BCUT2D eigenvalue weighted by Gasteiger charge is 2.50. The molecule has 0 atom stereocenters. The first kappa shape index (κ1) is 25.7. The minimum atomic E-state index is -5.47. The van der Waals surface area contributed by atoms with E-state index in [1.165, 1.54) is 12.1 Å². The highest BCUT2D eigenvalue weighted by Crippen LogP contribution is 2.27. The summed E-state index contributed by atoms with van der Waals surface area (Å²) in [6.07, 6.45) is 2.23. The van der Waals surface area contributed by atoms with E-state index >= 15 is 0 Å². The average molecular weight is 545 g/mol. The van der Waals surface area contributed by atoms with Crippen LogP contribution in [0.4, 0.5) is 18.9 Å². The zero-order valence-electron chi connectivity index (χ0n) is 18.7. The summed E-state index contributed by atoms with van der Waals surface area (Å²) in [7, 11) is -3.97. The summed E-state index contributed by atoms with van der Waals surface area (Å²) in [5.41, 5.74) is -2.81. The predicted molar refractivity (Wildman–Crippen MR) is 126 cm³/mol. The van der Waals surface area contributed by atoms with Crippen molar-refractivity contribution in [3.05, 3.63) is 64.6 Å². The summed E-state index contributed by atoms with van der Waals surface area (Å²) in [5, 5.41) is 8.46. The zero-order valence-corrected chi connectivity index (χ0v) is 20.3. The van der Waals surface area contributed by atoms with Gasteiger partial charge in [0.15, 0.2) is 0 Å². The smallest absolute Gasteiger partial charge is 0.378 e. The van der Waals surface area contributed by atoms with Crippen LogP contribution in [0.1, 0.15) is 21.7 Å². The van der Waals surface area contributed by atoms with E-state index in [2.05, 4.69) is 15.4 Å². The van der Waals surface area contributed by atoms with Crippen molar-refractivity contribution in [1.29, 1.82) is 0 Å². The van der Waals surface area contributed by atoms with Crippen LogP contribution in [0.2, 0.25) is 5.02 Å². The summed E-state index contributed by atoms with van der Waals surface area (Å²) >= 11 is 6.08. The number of anilines is 1. The lowest BCUT2D eigenvalue weighted by Crippen LogP contribution is -2.46. The lowest BCUT2D eigenvalue weighted by atomic mass is 10.2. The van der Waals surface area contributed by atoms with Gasteiger partial charge in [-0.05, 0) is 29.8 Å². The second-order valence-corrected chi connectivity index (χ2v) is 10.00. The molecule has 36 heavy (non-hydrogen) atoms. The van der Waals surface area contributed by atoms with Gasteiger partial charge in [0.2, 0.25) is 0 Å². The van der Waals surface area contributed by atoms with Gasteiger partial charge < -0.3 is 10.1 Å². The number of halogens is 4. The highest BCUT2D eigenvalue weighted by atomic mass is 35.5. The Bertz CT molecular complexity index is 1410. The third kappa shape index (κ3) is 5.10. The van der Waals surface area contributed by atoms with E-state index in [9.17, 15) is 26.4 Å². The molecule has 0 spiro atoms. The molecule has 4 rings (SSSR count). The number of pyridine rings is 1. The van der Waals surface area contributed by atoms with Gasteiger partial charge in [-0.15, -0.1) is 0 Å². The van der Waals surface area contributed by atoms with E-state index in [4.69, 9.17) is 16.3 Å². The number of hydrazone groups is 1. The van der Waals surface area contributed by atoms with Crippen LogP contribution >= 0.6 is 11.6 Å². The van der Waals surface area contributed by atoms with E-state index in [0.717, 1.165) is 5.56 Å². The van der Waals surface area contributed by atoms with Gasteiger partial charge in [-0.3, -0.25) is 14.2 Å². The Kier molecular flexibility index (Phi) is 7.11. The Balaban J connectivity index is 1.43. The molecular formula is C21H20ClF3N6O4S. The number of methoxy groups -OCH3 is 1. The van der Waals surface area contributed by atoms with Crippen molar-refractivity contribution in [2.24, 2.45) is 5.10 Å². The Morgan fingerprint density at radius 3 is 2.50 bits per heavy atom. The van der Waals surface area contributed by atoms with E-state index in [-0.39, 0.29) is 29.9 Å². The number of hydrogen-bond acceptors (Lipinski definition) is 7. The maximum atomic E-state index is 13.0. The first-order chi connectivity index (χ1) is 17.0. The van der Waals surface area contributed by atoms with Crippen molar-refractivity contribution < 1.29 is 31.1 Å². The van der Waals surface area contributed by atoms with Crippen molar-refractivity contribution in [2.75, 3.05) is 25.2 Å². The number of nitrogens with zero attached hydrogens (tertiary/aromatic N) is 5. The molecule has 0 unspecified atom stereocenters. The van der Waals surface area contributed by atoms with E-state index in [0.29, 0.717) is 34.1 Å². The van der Waals surface area contributed by atoms with E-state index < -0.39 is 22.1 Å². The summed E-state index contributed by atoms with van der Waals surface area (Å²) in [4.78, 5) is 17.4. The monoisotopic (exact) mass is 544 g/mol. The molecule has 0 saturated carbocycles. The van der Waals surface area contributed by atoms with Gasteiger partial charge in [0.05, 0.1) is 36.1 Å². The molecule has 1 N–H and O–H groups in total. The number of benzene rings is 1. The molecule has 192 valence electrons. The molecule has 2 aromatic heterocycles. The average Bonchev–Trinajstić information content (AvgIpc) is 3.19. The molecule has 15 heteroatoms. The lowest BCUT2D eigenvalue weighted by molar-refractivity contribution is -0.0471. The number of nitrogens with one attached hydrogen (secondary N) is 1. The SMILES string of the molecule is COCc1nc2ccc(Cl)cn2c1C(=O)NCc1ccc(N2CCN(S(=O)(=O)C(F)(F)F)C=N2)cc1. The molecule has 10 nitrogen and oxygen atoms in total. The molecule has 0 bridgehead atoms. The van der Waals surface area contributed by atoms with Gasteiger partial charge in [0.25, 0.3) is 5.91 Å². The molecule has 0 saturated heterocycles. The maximum Gasteiger partial charge on any atom is 0.516 e. The molecule has 0 aliphatic carbocycles. The van der Waals surface area contributed by atoms with Crippen LogP contribution in [0, 0.1) is 0 Å². The van der Waals surface area contributed by atoms with Crippen LogP contribution < -0.4 is 10.3 Å². The van der Waals surface area contributed by atoms with Crippen molar-refractivity contribution in [3.63, 3.8) is 0 Å². The van der Waals surface area contributed by atoms with Crippen LogP contribution in [0.25, 0.3) is 5.65 Å². The maximum absolute atomic E-state index is 13.0. The molecule has 3 aromatic rings. The van der Waals surface area contributed by atoms with Crippen molar-refractivity contribution in [3.8, 4) is 0 Å². The van der Waals surface area contributed by atoms with Crippen LogP contribution in [0.15, 0.2) is 47.7 Å². The third-order valence-corrected chi connectivity index (χ3v) is 6.99. The van der Waals surface area contributed by atoms with Crippen LogP contribution in [-0.2, 0) is 27.9 Å². The standard InChI is InChI=1S/C21H20ClF3N6O4S/c1-35-12-17-19(30-11-15(22)4-7-18(30)28-17)20(32)26-10-14-2-5-16(6-3-14)31-9-8-29(13-27-31)36(33,34)21(23,24)25/h2-7,11,13H,8-10,12H2,1H3,(H,26,32). The fraction of sp³-hybridized carbons (Fsp3) is 0.286. The molecule has 3 heterocycles. The van der Waals surface area contributed by atoms with Gasteiger partial charge >= 0.3 is 15.5 Å². The third-order valence-electron chi connectivity index (χ3n) is 5.29. The molecule has 0 radical (unpaired) electrons. The van der Waals surface area contributed by atoms with E-state index in [1.54, 1.807) is 47.0 Å².